The number of hydrogen-bond acceptors (Lipinski definition) is 2. The molecular formula is C36H23BOSSi. The Morgan fingerprint density at radius 1 is 0.525 bits per heavy atom. The van der Waals surface area contributed by atoms with Gasteiger partial charge in [-0.3, -0.25) is 0 Å². The van der Waals surface area contributed by atoms with Gasteiger partial charge in [0.1, 0.15) is 11.5 Å². The summed E-state index contributed by atoms with van der Waals surface area (Å²) in [4.78, 5) is 0. The minimum absolute atomic E-state index is 0.127. The fraction of sp³-hybridized carbons (Fsp3) is 0. The molecule has 0 aliphatic carbocycles. The van der Waals surface area contributed by atoms with Crippen molar-refractivity contribution < 1.29 is 4.74 Å². The van der Waals surface area contributed by atoms with Gasteiger partial charge in [-0.25, -0.2) is 0 Å². The Kier molecular flexibility index (Phi) is 4.66. The second-order valence-electron chi connectivity index (χ2n) is 10.8. The van der Waals surface area contributed by atoms with Gasteiger partial charge in [0.05, 0.1) is 0 Å². The van der Waals surface area contributed by atoms with Gasteiger partial charge in [-0.05, 0) is 49.9 Å². The Labute approximate surface area is 238 Å². The molecule has 9 rings (SSSR count). The van der Waals surface area contributed by atoms with Crippen molar-refractivity contribution in [2.45, 2.75) is 0 Å². The lowest BCUT2D eigenvalue weighted by molar-refractivity contribution is 0.494. The molecular weight excluding hydrogens is 519 g/mol. The molecule has 0 bridgehead atoms. The summed E-state index contributed by atoms with van der Waals surface area (Å²) in [5.41, 5.74) is 4.02. The molecule has 186 valence electrons. The van der Waals surface area contributed by atoms with Crippen LogP contribution in [-0.4, -0.2) is 14.8 Å². The zero-order chi connectivity index (χ0) is 26.3. The molecule has 4 heteroatoms. The third kappa shape index (κ3) is 2.82. The average Bonchev–Trinajstić information content (AvgIpc) is 3.41. The number of benzene rings is 6. The number of thiophene rings is 1. The predicted molar refractivity (Wildman–Crippen MR) is 174 cm³/mol. The molecule has 1 aromatic heterocycles. The Morgan fingerprint density at radius 2 is 1.20 bits per heavy atom. The Balaban J connectivity index is 1.43. The summed E-state index contributed by atoms with van der Waals surface area (Å²) in [6.45, 7) is 0.127. The minimum atomic E-state index is -2.62. The minimum Gasteiger partial charge on any atom is -0.458 e. The first-order chi connectivity index (χ1) is 19.9. The van der Waals surface area contributed by atoms with Crippen LogP contribution in [0.5, 0.6) is 11.5 Å². The van der Waals surface area contributed by atoms with Crippen LogP contribution in [0.15, 0.2) is 140 Å². The summed E-state index contributed by atoms with van der Waals surface area (Å²) in [7, 11) is -2.62. The summed E-state index contributed by atoms with van der Waals surface area (Å²) in [6, 6.07) is 51.8. The molecule has 0 radical (unpaired) electrons. The van der Waals surface area contributed by atoms with Gasteiger partial charge in [0.25, 0.3) is 6.71 Å². The molecule has 0 amide bonds. The lowest BCUT2D eigenvalue weighted by Crippen LogP contribution is -2.87. The second-order valence-corrected chi connectivity index (χ2v) is 15.6. The van der Waals surface area contributed by atoms with E-state index in [1.807, 2.05) is 11.3 Å². The number of hydrogen-bond donors (Lipinski definition) is 0. The third-order valence-electron chi connectivity index (χ3n) is 8.90. The first kappa shape index (κ1) is 22.4. The summed E-state index contributed by atoms with van der Waals surface area (Å²) in [5, 5.41) is 8.25. The van der Waals surface area contributed by atoms with Crippen LogP contribution in [0.2, 0.25) is 0 Å². The number of rotatable bonds is 2. The Hall–Kier alpha value is -4.38. The van der Waals surface area contributed by atoms with Crippen molar-refractivity contribution in [3.8, 4) is 11.5 Å². The lowest BCUT2D eigenvalue weighted by Gasteiger charge is -2.44. The Morgan fingerprint density at radius 3 is 2.00 bits per heavy atom. The highest BCUT2D eigenvalue weighted by Crippen LogP contribution is 2.41. The largest absolute Gasteiger partial charge is 0.458 e. The number of ether oxygens (including phenoxy) is 1. The van der Waals surface area contributed by atoms with Gasteiger partial charge in [-0.15, -0.1) is 11.3 Å². The summed E-state index contributed by atoms with van der Waals surface area (Å²) < 4.78 is 9.60. The number of fused-ring (bicyclic) bond motifs is 8. The van der Waals surface area contributed by atoms with Crippen LogP contribution in [0.25, 0.3) is 20.2 Å². The maximum atomic E-state index is 7.01. The molecule has 0 saturated heterocycles. The molecule has 0 fully saturated rings. The first-order valence-electron chi connectivity index (χ1n) is 13.8. The molecule has 1 nitrogen and oxygen atoms in total. The summed E-state index contributed by atoms with van der Waals surface area (Å²) in [6.07, 6.45) is 0. The van der Waals surface area contributed by atoms with Gasteiger partial charge in [0.15, 0.2) is 8.07 Å². The van der Waals surface area contributed by atoms with Crippen LogP contribution in [0.4, 0.5) is 0 Å². The van der Waals surface area contributed by atoms with Crippen LogP contribution in [0, 0.1) is 0 Å². The molecule has 0 unspecified atom stereocenters. The summed E-state index contributed by atoms with van der Waals surface area (Å²) >= 11 is 1.85. The fourth-order valence-electron chi connectivity index (χ4n) is 7.39. The van der Waals surface area contributed by atoms with Gasteiger partial charge in [0.2, 0.25) is 0 Å². The zero-order valence-electron chi connectivity index (χ0n) is 21.7. The van der Waals surface area contributed by atoms with E-state index >= 15 is 0 Å². The van der Waals surface area contributed by atoms with E-state index in [0.29, 0.717) is 0 Å². The molecule has 0 atom stereocenters. The molecule has 40 heavy (non-hydrogen) atoms. The van der Waals surface area contributed by atoms with Crippen molar-refractivity contribution in [2.24, 2.45) is 0 Å². The monoisotopic (exact) mass is 542 g/mol. The smallest absolute Gasteiger partial charge is 0.250 e. The van der Waals surface area contributed by atoms with E-state index in [-0.39, 0.29) is 6.71 Å². The van der Waals surface area contributed by atoms with Gasteiger partial charge in [0, 0.05) is 20.2 Å². The van der Waals surface area contributed by atoms with Gasteiger partial charge in [-0.1, -0.05) is 127 Å². The van der Waals surface area contributed by atoms with E-state index in [1.165, 1.54) is 57.3 Å². The van der Waals surface area contributed by atoms with Crippen molar-refractivity contribution in [3.05, 3.63) is 140 Å². The topological polar surface area (TPSA) is 9.23 Å². The van der Waals surface area contributed by atoms with Crippen LogP contribution in [0.3, 0.4) is 0 Å². The fourth-order valence-corrected chi connectivity index (χ4v) is 13.8. The van der Waals surface area contributed by atoms with E-state index in [2.05, 4.69) is 140 Å². The molecule has 2 aliphatic rings. The van der Waals surface area contributed by atoms with E-state index in [9.17, 15) is 0 Å². The molecule has 2 aliphatic heterocycles. The third-order valence-corrected chi connectivity index (χ3v) is 14.9. The molecule has 0 N–H and O–H groups in total. The molecule has 7 aromatic rings. The maximum absolute atomic E-state index is 7.01. The normalized spacial score (nSPS) is 14.3. The molecule has 0 spiro atoms. The highest BCUT2D eigenvalue weighted by Gasteiger charge is 2.52. The molecule has 6 aromatic carbocycles. The zero-order valence-corrected chi connectivity index (χ0v) is 23.5. The van der Waals surface area contributed by atoms with Crippen molar-refractivity contribution >= 4 is 83.4 Å². The molecule has 3 heterocycles. The van der Waals surface area contributed by atoms with Gasteiger partial charge < -0.3 is 4.74 Å². The van der Waals surface area contributed by atoms with Gasteiger partial charge in [-0.2, -0.15) is 0 Å². The van der Waals surface area contributed by atoms with E-state index in [1.54, 1.807) is 0 Å². The van der Waals surface area contributed by atoms with E-state index < -0.39 is 8.07 Å². The standard InChI is InChI=1S/C36H23BOSSi/c1-3-12-24(13-4-1)40(25-14-5-2-6-15-25)32-20-10-8-17-27(32)37-28-22-23-31-34(26-16-7-9-19-30(26)39-31)36(28)38-29-18-11-21-33(40)35(29)37/h1-23H. The van der Waals surface area contributed by atoms with E-state index in [4.69, 9.17) is 4.74 Å². The van der Waals surface area contributed by atoms with Crippen molar-refractivity contribution in [2.75, 3.05) is 0 Å². The van der Waals surface area contributed by atoms with Crippen molar-refractivity contribution in [1.82, 2.24) is 0 Å². The Bertz CT molecular complexity index is 2060. The SMILES string of the molecule is c1ccc([Si]2(c3ccccc3)c3ccccc3B3c4ccc5sc6ccccc6c5c4Oc4cccc2c43)cc1. The second kappa shape index (κ2) is 8.31. The summed E-state index contributed by atoms with van der Waals surface area (Å²) in [5.74, 6) is 2.02. The van der Waals surface area contributed by atoms with Crippen molar-refractivity contribution in [3.63, 3.8) is 0 Å². The lowest BCUT2D eigenvalue weighted by atomic mass is 9.35. The first-order valence-corrected chi connectivity index (χ1v) is 16.6. The van der Waals surface area contributed by atoms with Crippen LogP contribution in [-0.2, 0) is 0 Å². The van der Waals surface area contributed by atoms with Crippen LogP contribution >= 0.6 is 11.3 Å². The molecule has 0 saturated carbocycles. The van der Waals surface area contributed by atoms with E-state index in [0.717, 1.165) is 11.5 Å². The maximum Gasteiger partial charge on any atom is 0.250 e. The average molecular weight is 543 g/mol. The van der Waals surface area contributed by atoms with Crippen LogP contribution < -0.4 is 41.9 Å². The van der Waals surface area contributed by atoms with Gasteiger partial charge >= 0.3 is 0 Å². The predicted octanol–water partition coefficient (Wildman–Crippen LogP) is 4.37. The van der Waals surface area contributed by atoms with Crippen LogP contribution in [0.1, 0.15) is 0 Å². The highest BCUT2D eigenvalue weighted by atomic mass is 32.1. The quantitative estimate of drug-likeness (QED) is 0.295. The highest BCUT2D eigenvalue weighted by molar-refractivity contribution is 7.27. The van der Waals surface area contributed by atoms with Crippen molar-refractivity contribution in [1.29, 1.82) is 0 Å².